The molecule has 0 spiro atoms. The van der Waals surface area contributed by atoms with Gasteiger partial charge in [-0.1, -0.05) is 19.1 Å². The number of ether oxygens (including phenoxy) is 1. The monoisotopic (exact) mass is 393 g/mol. The lowest BCUT2D eigenvalue weighted by Crippen LogP contribution is -2.37. The molecule has 8 heteroatoms. The molecule has 0 amide bonds. The van der Waals surface area contributed by atoms with Crippen molar-refractivity contribution in [1.82, 2.24) is 20.2 Å². The van der Waals surface area contributed by atoms with Crippen LogP contribution in [0, 0.1) is 6.92 Å². The molecule has 0 saturated heterocycles. The number of hydrogen-bond acceptors (Lipinski definition) is 3. The second-order valence-corrected chi connectivity index (χ2v) is 6.53. The van der Waals surface area contributed by atoms with E-state index in [1.165, 1.54) is 12.4 Å². The number of nitrogens with one attached hydrogen (secondary N) is 2. The highest BCUT2D eigenvalue weighted by Crippen LogP contribution is 2.23. The minimum Gasteiger partial charge on any atom is -0.490 e. The predicted octanol–water partition coefficient (Wildman–Crippen LogP) is 4.02. The summed E-state index contributed by atoms with van der Waals surface area (Å²) in [4.78, 5) is 8.54. The summed E-state index contributed by atoms with van der Waals surface area (Å²) >= 11 is 0. The number of imidazole rings is 1. The summed E-state index contributed by atoms with van der Waals surface area (Å²) in [6.07, 6.45) is 3.65. The van der Waals surface area contributed by atoms with Gasteiger partial charge < -0.3 is 15.4 Å². The van der Waals surface area contributed by atoms with Crippen molar-refractivity contribution in [3.05, 3.63) is 47.5 Å². The Morgan fingerprint density at radius 1 is 1.29 bits per heavy atom. The molecular formula is C20H29F2N5O. The molecule has 1 aromatic heterocycles. The number of nitrogens with zero attached hydrogens (tertiary/aromatic N) is 3. The molecule has 1 heterocycles. The molecule has 0 aliphatic carbocycles. The minimum absolute atomic E-state index is 0.115. The van der Waals surface area contributed by atoms with E-state index in [1.54, 1.807) is 0 Å². The van der Waals surface area contributed by atoms with Gasteiger partial charge in [-0.2, -0.15) is 8.78 Å². The van der Waals surface area contributed by atoms with E-state index in [0.717, 1.165) is 27.9 Å². The van der Waals surface area contributed by atoms with Crippen LogP contribution < -0.4 is 15.4 Å². The van der Waals surface area contributed by atoms with Gasteiger partial charge in [0.05, 0.1) is 19.2 Å². The summed E-state index contributed by atoms with van der Waals surface area (Å²) in [6.45, 7) is 6.66. The molecule has 28 heavy (non-hydrogen) atoms. The SMILES string of the molecule is CCNC(=NCc1ccc(C)cc1OC(C)CC)NCc1nccn1C(F)F. The molecule has 0 aliphatic rings. The van der Waals surface area contributed by atoms with Crippen LogP contribution in [-0.4, -0.2) is 28.2 Å². The largest absolute Gasteiger partial charge is 0.490 e. The van der Waals surface area contributed by atoms with Gasteiger partial charge in [-0.15, -0.1) is 0 Å². The predicted molar refractivity (Wildman–Crippen MR) is 107 cm³/mol. The van der Waals surface area contributed by atoms with E-state index >= 15 is 0 Å². The van der Waals surface area contributed by atoms with Crippen LogP contribution in [-0.2, 0) is 13.1 Å². The number of halogens is 2. The van der Waals surface area contributed by atoms with Gasteiger partial charge in [-0.25, -0.2) is 9.98 Å². The summed E-state index contributed by atoms with van der Waals surface area (Å²) in [7, 11) is 0. The Labute approximate surface area is 165 Å². The second kappa shape index (κ2) is 10.6. The van der Waals surface area contributed by atoms with Crippen LogP contribution in [0.2, 0.25) is 0 Å². The maximum Gasteiger partial charge on any atom is 0.319 e. The first-order valence-electron chi connectivity index (χ1n) is 9.52. The number of aryl methyl sites for hydroxylation is 1. The maximum atomic E-state index is 12.9. The highest BCUT2D eigenvalue weighted by molar-refractivity contribution is 5.79. The van der Waals surface area contributed by atoms with Crippen molar-refractivity contribution >= 4 is 5.96 Å². The maximum absolute atomic E-state index is 12.9. The Morgan fingerprint density at radius 3 is 2.75 bits per heavy atom. The van der Waals surface area contributed by atoms with Gasteiger partial charge >= 0.3 is 6.55 Å². The fourth-order valence-corrected chi connectivity index (χ4v) is 2.53. The Hall–Kier alpha value is -2.64. The molecule has 0 fully saturated rings. The summed E-state index contributed by atoms with van der Waals surface area (Å²) in [5.74, 6) is 1.60. The van der Waals surface area contributed by atoms with Crippen molar-refractivity contribution in [2.45, 2.75) is 59.9 Å². The van der Waals surface area contributed by atoms with Crippen LogP contribution in [0.5, 0.6) is 5.75 Å². The van der Waals surface area contributed by atoms with Crippen LogP contribution in [0.1, 0.15) is 50.7 Å². The van der Waals surface area contributed by atoms with Gasteiger partial charge in [0, 0.05) is 24.5 Å². The fourth-order valence-electron chi connectivity index (χ4n) is 2.53. The zero-order valence-electron chi connectivity index (χ0n) is 16.9. The third-order valence-corrected chi connectivity index (χ3v) is 4.25. The normalized spacial score (nSPS) is 12.9. The lowest BCUT2D eigenvalue weighted by atomic mass is 10.1. The highest BCUT2D eigenvalue weighted by Gasteiger charge is 2.12. The zero-order valence-corrected chi connectivity index (χ0v) is 16.9. The highest BCUT2D eigenvalue weighted by atomic mass is 19.3. The minimum atomic E-state index is -2.62. The van der Waals surface area contributed by atoms with Gasteiger partial charge in [0.1, 0.15) is 11.6 Å². The van der Waals surface area contributed by atoms with Crippen LogP contribution in [0.25, 0.3) is 0 Å². The molecule has 1 atom stereocenters. The Balaban J connectivity index is 2.11. The van der Waals surface area contributed by atoms with Gasteiger partial charge in [0.25, 0.3) is 0 Å². The van der Waals surface area contributed by atoms with Gasteiger partial charge in [-0.05, 0) is 38.8 Å². The van der Waals surface area contributed by atoms with Crippen molar-refractivity contribution in [3.63, 3.8) is 0 Å². The first-order valence-corrected chi connectivity index (χ1v) is 9.52. The first-order chi connectivity index (χ1) is 13.4. The van der Waals surface area contributed by atoms with E-state index in [0.29, 0.717) is 19.0 Å². The smallest absolute Gasteiger partial charge is 0.319 e. The van der Waals surface area contributed by atoms with Crippen molar-refractivity contribution in [2.75, 3.05) is 6.54 Å². The second-order valence-electron chi connectivity index (χ2n) is 6.53. The Kier molecular flexibility index (Phi) is 8.22. The van der Waals surface area contributed by atoms with Crippen molar-refractivity contribution in [2.24, 2.45) is 4.99 Å². The lowest BCUT2D eigenvalue weighted by Gasteiger charge is -2.17. The van der Waals surface area contributed by atoms with Crippen molar-refractivity contribution in [1.29, 1.82) is 0 Å². The van der Waals surface area contributed by atoms with Gasteiger partial charge in [-0.3, -0.25) is 4.57 Å². The van der Waals surface area contributed by atoms with Gasteiger partial charge in [0.2, 0.25) is 0 Å². The summed E-state index contributed by atoms with van der Waals surface area (Å²) in [5.41, 5.74) is 2.09. The van der Waals surface area contributed by atoms with E-state index in [9.17, 15) is 8.78 Å². The summed E-state index contributed by atoms with van der Waals surface area (Å²) < 4.78 is 32.7. The Bertz CT molecular complexity index is 776. The summed E-state index contributed by atoms with van der Waals surface area (Å²) in [5, 5.41) is 6.17. The number of guanidine groups is 1. The lowest BCUT2D eigenvalue weighted by molar-refractivity contribution is 0.0668. The molecule has 0 radical (unpaired) electrons. The van der Waals surface area contributed by atoms with Crippen LogP contribution in [0.4, 0.5) is 8.78 Å². The van der Waals surface area contributed by atoms with Gasteiger partial charge in [0.15, 0.2) is 5.96 Å². The van der Waals surface area contributed by atoms with Crippen LogP contribution in [0.3, 0.4) is 0 Å². The number of hydrogen-bond donors (Lipinski definition) is 2. The van der Waals surface area contributed by atoms with E-state index in [2.05, 4.69) is 27.5 Å². The molecule has 0 bridgehead atoms. The summed E-state index contributed by atoms with van der Waals surface area (Å²) in [6, 6.07) is 6.04. The average Bonchev–Trinajstić information content (AvgIpc) is 3.14. The zero-order chi connectivity index (χ0) is 20.5. The number of aliphatic imine (C=N–C) groups is 1. The van der Waals surface area contributed by atoms with E-state index in [1.807, 2.05) is 39.0 Å². The van der Waals surface area contributed by atoms with Crippen LogP contribution in [0.15, 0.2) is 35.6 Å². The molecule has 2 rings (SSSR count). The standard InChI is InChI=1S/C20H29F2N5O/c1-5-15(4)28-17-11-14(3)7-8-16(17)12-25-20(23-6-2)26-13-18-24-9-10-27(18)19(21)22/h7-11,15,19H,5-6,12-13H2,1-4H3,(H2,23,25,26). The third-order valence-electron chi connectivity index (χ3n) is 4.25. The molecule has 1 unspecified atom stereocenters. The molecule has 0 saturated carbocycles. The first kappa shape index (κ1) is 21.7. The molecule has 2 N–H and O–H groups in total. The molecular weight excluding hydrogens is 364 g/mol. The molecule has 2 aromatic rings. The molecule has 0 aliphatic heterocycles. The van der Waals surface area contributed by atoms with Crippen molar-refractivity contribution < 1.29 is 13.5 Å². The number of alkyl halides is 2. The van der Waals surface area contributed by atoms with E-state index < -0.39 is 6.55 Å². The Morgan fingerprint density at radius 2 is 2.07 bits per heavy atom. The molecule has 154 valence electrons. The molecule has 1 aromatic carbocycles. The number of aromatic nitrogens is 2. The van der Waals surface area contributed by atoms with Crippen molar-refractivity contribution in [3.8, 4) is 5.75 Å². The fraction of sp³-hybridized carbons (Fsp3) is 0.500. The van der Waals surface area contributed by atoms with E-state index in [-0.39, 0.29) is 18.5 Å². The number of benzene rings is 1. The number of rotatable bonds is 9. The van der Waals surface area contributed by atoms with Crippen LogP contribution >= 0.6 is 0 Å². The average molecular weight is 393 g/mol. The topological polar surface area (TPSA) is 63.5 Å². The quantitative estimate of drug-likeness (QED) is 0.499. The van der Waals surface area contributed by atoms with E-state index in [4.69, 9.17) is 4.74 Å². The third kappa shape index (κ3) is 6.21. The molecule has 6 nitrogen and oxygen atoms in total.